The lowest BCUT2D eigenvalue weighted by Gasteiger charge is -2.44. The summed E-state index contributed by atoms with van der Waals surface area (Å²) in [5.41, 5.74) is 24.2. The summed E-state index contributed by atoms with van der Waals surface area (Å²) in [5.74, 6) is 3.75. The lowest BCUT2D eigenvalue weighted by molar-refractivity contribution is 0.311. The molecule has 0 fully saturated rings. The number of fused-ring (bicyclic) bond motifs is 12. The zero-order chi connectivity index (χ0) is 79.3. The van der Waals surface area contributed by atoms with E-state index in [0.717, 1.165) is 97.7 Å². The first kappa shape index (κ1) is 70.8. The summed E-state index contributed by atoms with van der Waals surface area (Å²) in [5, 5.41) is 14.5. The summed E-state index contributed by atoms with van der Waals surface area (Å²) in [6, 6.07) is 122. The van der Waals surface area contributed by atoms with Gasteiger partial charge in [-0.2, -0.15) is 0 Å². The first-order valence-corrected chi connectivity index (χ1v) is 41.6. The Morgan fingerprint density at radius 3 is 1.14 bits per heavy atom. The van der Waals surface area contributed by atoms with Crippen LogP contribution in [0.2, 0.25) is 0 Å². The van der Waals surface area contributed by atoms with E-state index in [1.165, 1.54) is 116 Å². The topological polar surface area (TPSA) is 87.2 Å². The minimum absolute atomic E-state index is 0.0659. The van der Waals surface area contributed by atoms with Crippen molar-refractivity contribution >= 4 is 86.7 Å². The molecule has 8 heteroatoms. The second kappa shape index (κ2) is 27.2. The van der Waals surface area contributed by atoms with Gasteiger partial charge in [-0.15, -0.1) is 0 Å². The highest BCUT2D eigenvalue weighted by Crippen LogP contribution is 2.52. The quantitative estimate of drug-likeness (QED) is 0.121. The molecule has 20 aromatic rings. The van der Waals surface area contributed by atoms with Gasteiger partial charge < -0.3 is 9.13 Å². The average Bonchev–Trinajstić information content (AvgIpc) is 1.57. The Bertz CT molecular complexity index is 7480. The number of rotatable bonds is 12. The second-order valence-electron chi connectivity index (χ2n) is 35.3. The Morgan fingerprint density at radius 1 is 0.229 bits per heavy atom. The van der Waals surface area contributed by atoms with Crippen molar-refractivity contribution in [2.75, 3.05) is 0 Å². The third kappa shape index (κ3) is 12.0. The third-order valence-corrected chi connectivity index (χ3v) is 26.4. The van der Waals surface area contributed by atoms with Crippen LogP contribution in [0.4, 0.5) is 0 Å². The Morgan fingerprint density at radius 2 is 0.593 bits per heavy atom. The van der Waals surface area contributed by atoms with Crippen LogP contribution in [-0.2, 0) is 28.1 Å². The van der Waals surface area contributed by atoms with Crippen molar-refractivity contribution in [1.82, 2.24) is 39.0 Å². The van der Waals surface area contributed by atoms with E-state index in [2.05, 4.69) is 391 Å². The molecule has 8 nitrogen and oxygen atoms in total. The third-order valence-electron chi connectivity index (χ3n) is 26.4. The van der Waals surface area contributed by atoms with Crippen LogP contribution in [0.3, 0.4) is 0 Å². The monoisotopic (exact) mass is 1520 g/mol. The van der Waals surface area contributed by atoms with E-state index >= 15 is 0 Å². The molecular formula is C110H86N8. The van der Waals surface area contributed by atoms with Gasteiger partial charge in [0.2, 0.25) is 0 Å². The van der Waals surface area contributed by atoms with E-state index in [4.69, 9.17) is 29.9 Å². The number of hydrogen-bond donors (Lipinski definition) is 0. The van der Waals surface area contributed by atoms with Crippen LogP contribution in [-0.4, -0.2) is 39.0 Å². The summed E-state index contributed by atoms with van der Waals surface area (Å²) < 4.78 is 4.92. The van der Waals surface area contributed by atoms with Gasteiger partial charge >= 0.3 is 0 Å². The Kier molecular flexibility index (Phi) is 16.3. The van der Waals surface area contributed by atoms with Gasteiger partial charge in [-0.05, 0) is 244 Å². The molecule has 0 radical (unpaired) electrons. The Labute approximate surface area is 686 Å². The first-order valence-electron chi connectivity index (χ1n) is 41.6. The number of hydrogen-bond acceptors (Lipinski definition) is 6. The minimum Gasteiger partial charge on any atom is -0.309 e. The second-order valence-corrected chi connectivity index (χ2v) is 35.3. The van der Waals surface area contributed by atoms with Crippen molar-refractivity contribution < 1.29 is 0 Å². The predicted molar refractivity (Wildman–Crippen MR) is 490 cm³/mol. The normalized spacial score (nSPS) is 15.6. The highest BCUT2D eigenvalue weighted by Gasteiger charge is 2.42. The van der Waals surface area contributed by atoms with Crippen molar-refractivity contribution in [2.24, 2.45) is 0 Å². The lowest BCUT2D eigenvalue weighted by atomic mass is 9.60. The molecular weight excluding hydrogens is 1430 g/mol. The van der Waals surface area contributed by atoms with Crippen molar-refractivity contribution in [3.05, 3.63) is 361 Å². The number of aromatic nitrogens is 8. The van der Waals surface area contributed by atoms with Crippen LogP contribution >= 0.6 is 0 Å². The van der Waals surface area contributed by atoms with Crippen molar-refractivity contribution in [1.29, 1.82) is 0 Å². The van der Waals surface area contributed by atoms with Crippen LogP contribution < -0.4 is 0 Å². The van der Waals surface area contributed by atoms with Crippen LogP contribution in [0.1, 0.15) is 102 Å². The van der Waals surface area contributed by atoms with Gasteiger partial charge in [0.1, 0.15) is 0 Å². The summed E-state index contributed by atoms with van der Waals surface area (Å²) in [6.07, 6.45) is 5.35. The molecule has 4 aromatic heterocycles. The zero-order valence-electron chi connectivity index (χ0n) is 67.4. The fraction of sp³-hybridized carbons (Fsp3) is 0.145. The molecule has 0 aliphatic heterocycles. The minimum atomic E-state index is -0.153. The fourth-order valence-corrected chi connectivity index (χ4v) is 19.6. The molecule has 0 bridgehead atoms. The van der Waals surface area contributed by atoms with Crippen LogP contribution in [0.15, 0.2) is 334 Å². The molecule has 0 saturated heterocycles. The number of para-hydroxylation sites is 2. The summed E-state index contributed by atoms with van der Waals surface area (Å²) in [6.45, 7) is 17.1. The molecule has 4 heterocycles. The molecule has 2 aliphatic rings. The largest absolute Gasteiger partial charge is 0.309 e. The van der Waals surface area contributed by atoms with E-state index in [1.807, 2.05) is 0 Å². The van der Waals surface area contributed by atoms with Gasteiger partial charge in [-0.3, -0.25) is 0 Å². The number of benzene rings is 16. The van der Waals surface area contributed by atoms with E-state index in [1.54, 1.807) is 0 Å². The smallest absolute Gasteiger partial charge is 0.164 e. The molecule has 16 aromatic carbocycles. The maximum Gasteiger partial charge on any atom is 0.164 e. The van der Waals surface area contributed by atoms with Gasteiger partial charge in [0.25, 0.3) is 0 Å². The van der Waals surface area contributed by atoms with Crippen LogP contribution in [0.25, 0.3) is 189 Å². The van der Waals surface area contributed by atoms with Crippen molar-refractivity contribution in [3.63, 3.8) is 0 Å². The van der Waals surface area contributed by atoms with E-state index in [0.29, 0.717) is 34.9 Å². The van der Waals surface area contributed by atoms with Gasteiger partial charge in [0, 0.05) is 66.3 Å². The highest BCUT2D eigenvalue weighted by molar-refractivity contribution is 6.12. The Balaban J connectivity index is 0.580. The summed E-state index contributed by atoms with van der Waals surface area (Å²) >= 11 is 0. The van der Waals surface area contributed by atoms with Gasteiger partial charge in [0.15, 0.2) is 34.9 Å². The van der Waals surface area contributed by atoms with Crippen LogP contribution in [0.5, 0.6) is 0 Å². The van der Waals surface area contributed by atoms with E-state index in [-0.39, 0.29) is 21.7 Å². The maximum absolute atomic E-state index is 5.34. The zero-order valence-corrected chi connectivity index (χ0v) is 67.4. The molecule has 22 rings (SSSR count). The predicted octanol–water partition coefficient (Wildman–Crippen LogP) is 28.1. The SMILES string of the molecule is CC1(C)CCC(C)(C)c2cc3c(cc21)c1ccccc1n3-c1ccc(-c2nc(-c3ccc(-c4cccc5ccc(CC6(C)CCC(C)(C)c7cc8c(cc76)c6ccccc6n8-c6ccc(-c7nc(-c8ccc(-c9ccc%10ccccc%10c9)cc8)nc(-c8cccc9ccccc89)n7)cc6)cc45)cc3)nc(-c3ccc4ccccc4c3)n2)cc1. The first-order chi connectivity index (χ1) is 57.5. The fourth-order valence-electron chi connectivity index (χ4n) is 19.6. The number of nitrogens with zero attached hydrogens (tertiary/aromatic N) is 8. The summed E-state index contributed by atoms with van der Waals surface area (Å²) in [7, 11) is 0. The van der Waals surface area contributed by atoms with E-state index < -0.39 is 0 Å². The molecule has 1 unspecified atom stereocenters. The van der Waals surface area contributed by atoms with Crippen molar-refractivity contribution in [3.8, 4) is 102 Å². The molecule has 0 saturated carbocycles. The highest BCUT2D eigenvalue weighted by atomic mass is 15.1. The molecule has 118 heavy (non-hydrogen) atoms. The average molecular weight is 1520 g/mol. The van der Waals surface area contributed by atoms with Crippen LogP contribution in [0, 0.1) is 0 Å². The molecule has 0 spiro atoms. The molecule has 0 N–H and O–H groups in total. The van der Waals surface area contributed by atoms with Gasteiger partial charge in [0.05, 0.1) is 22.1 Å². The molecule has 2 aliphatic carbocycles. The lowest BCUT2D eigenvalue weighted by Crippen LogP contribution is -2.37. The molecule has 0 amide bonds. The Hall–Kier alpha value is -13.8. The molecule has 1 atom stereocenters. The molecule has 566 valence electrons. The summed E-state index contributed by atoms with van der Waals surface area (Å²) in [4.78, 5) is 31.8. The van der Waals surface area contributed by atoms with Gasteiger partial charge in [-0.1, -0.05) is 285 Å². The van der Waals surface area contributed by atoms with Gasteiger partial charge in [-0.25, -0.2) is 29.9 Å². The van der Waals surface area contributed by atoms with Crippen molar-refractivity contribution in [2.45, 2.75) is 102 Å². The maximum atomic E-state index is 5.34. The van der Waals surface area contributed by atoms with E-state index in [9.17, 15) is 0 Å². The standard InChI is InChI=1S/C110H86N8/c1-107(2)56-57-108(3,4)94-65-99-91(63-93(94)107)87-28-14-16-32-97(87)117(99)83-52-48-77(49-53-83)102-111-101(113-105(114-102)82-47-39-70-21-9-11-24-80(70)62-82)76-44-40-74(41-45-76)86-30-18-26-73-35-34-68(60-90(73)86)67-110(7)59-58-109(5,6)95-66-100-92(64-96(95)110)88-29-15-17-33-98(88)118(100)84-54-50-78(51-55-84)104-112-103(115-106(116-104)89-31-19-25-72-22-12-13-27-85(72)89)75-42-36-71(37-43-75)81-46-38-69-20-8-10-23-79(69)61-81/h8-55,60-66H,56-59,67H2,1-7H3.